The van der Waals surface area contributed by atoms with Crippen molar-refractivity contribution in [3.63, 3.8) is 0 Å². The van der Waals surface area contributed by atoms with Crippen molar-refractivity contribution in [3.8, 4) is 0 Å². The van der Waals surface area contributed by atoms with Crippen molar-refractivity contribution in [3.05, 3.63) is 40.3 Å². The van der Waals surface area contributed by atoms with E-state index < -0.39 is 17.5 Å². The third-order valence-corrected chi connectivity index (χ3v) is 5.73. The number of anilines is 2. The number of carbonyl (C=O) groups is 1. The van der Waals surface area contributed by atoms with Gasteiger partial charge < -0.3 is 16.0 Å². The first kappa shape index (κ1) is 19.4. The highest BCUT2D eigenvalue weighted by Crippen LogP contribution is 2.39. The smallest absolute Gasteiger partial charge is 0.268 e. The summed E-state index contributed by atoms with van der Waals surface area (Å²) in [6.07, 6.45) is 2.42. The maximum Gasteiger partial charge on any atom is 0.268 e. The maximum atomic E-state index is 13.8. The van der Waals surface area contributed by atoms with E-state index in [1.165, 1.54) is 17.4 Å². The van der Waals surface area contributed by atoms with Crippen LogP contribution in [-0.2, 0) is 6.42 Å². The summed E-state index contributed by atoms with van der Waals surface area (Å²) in [6, 6.07) is 3.00. The highest BCUT2D eigenvalue weighted by Gasteiger charge is 2.22. The summed E-state index contributed by atoms with van der Waals surface area (Å²) in [7, 11) is 2.08. The fourth-order valence-corrected chi connectivity index (χ4v) is 4.09. The third kappa shape index (κ3) is 4.33. The van der Waals surface area contributed by atoms with Crippen LogP contribution in [0, 0.1) is 11.6 Å². The van der Waals surface area contributed by atoms with Gasteiger partial charge in [0.2, 0.25) is 0 Å². The molecule has 1 amide bonds. The van der Waals surface area contributed by atoms with Crippen molar-refractivity contribution < 1.29 is 13.6 Å². The third-order valence-electron chi connectivity index (χ3n) is 4.59. The van der Waals surface area contributed by atoms with Gasteiger partial charge in [0.05, 0.1) is 11.4 Å². The lowest BCUT2D eigenvalue weighted by molar-refractivity contribution is 0.103. The van der Waals surface area contributed by atoms with E-state index in [1.54, 1.807) is 0 Å². The number of nitrogens with two attached hydrogens (primary N) is 1. The number of thiophene rings is 1. The minimum absolute atomic E-state index is 0.0876. The minimum atomic E-state index is -0.832. The first-order valence-electron chi connectivity index (χ1n) is 8.81. The number of hydrogen-bond donors (Lipinski definition) is 2. The molecule has 1 aliphatic rings. The number of halogens is 2. The standard InChI is InChI=1S/C19H22F2N4OS/c1-3-13-16(22)17(18(26)24-15-5-4-11(20)10-14(15)21)27-19(13)23-12-6-8-25(2)9-7-12/h4-5,10H,3,6-9,22H2,1-2H3,(H,24,26). The molecule has 3 rings (SSSR count). The highest BCUT2D eigenvalue weighted by atomic mass is 32.1. The van der Waals surface area contributed by atoms with Crippen LogP contribution in [0.4, 0.5) is 25.2 Å². The fourth-order valence-electron chi connectivity index (χ4n) is 2.97. The van der Waals surface area contributed by atoms with Gasteiger partial charge in [0, 0.05) is 30.4 Å². The summed E-state index contributed by atoms with van der Waals surface area (Å²) < 4.78 is 26.8. The van der Waals surface area contributed by atoms with Crippen LogP contribution in [0.1, 0.15) is 35.0 Å². The van der Waals surface area contributed by atoms with Gasteiger partial charge in [-0.25, -0.2) is 13.8 Å². The van der Waals surface area contributed by atoms with Crippen molar-refractivity contribution >= 4 is 39.3 Å². The molecule has 3 N–H and O–H groups in total. The Kier molecular flexibility index (Phi) is 5.86. The Labute approximate surface area is 160 Å². The van der Waals surface area contributed by atoms with Crippen LogP contribution >= 0.6 is 11.3 Å². The topological polar surface area (TPSA) is 70.7 Å². The molecule has 2 aromatic rings. The van der Waals surface area contributed by atoms with E-state index in [2.05, 4.69) is 17.3 Å². The number of aliphatic imine (C=N–C) groups is 1. The number of nitrogens with zero attached hydrogens (tertiary/aromatic N) is 2. The van der Waals surface area contributed by atoms with Crippen molar-refractivity contribution in [1.29, 1.82) is 0 Å². The van der Waals surface area contributed by atoms with Crippen LogP contribution in [0.5, 0.6) is 0 Å². The molecule has 2 heterocycles. The number of carbonyl (C=O) groups excluding carboxylic acids is 1. The Morgan fingerprint density at radius 2 is 2.04 bits per heavy atom. The Morgan fingerprint density at radius 3 is 2.67 bits per heavy atom. The molecule has 0 saturated carbocycles. The number of nitrogen functional groups attached to an aromatic ring is 1. The van der Waals surface area contributed by atoms with Crippen LogP contribution in [0.25, 0.3) is 0 Å². The molecule has 1 saturated heterocycles. The zero-order chi connectivity index (χ0) is 19.6. The molecule has 0 atom stereocenters. The van der Waals surface area contributed by atoms with Crippen LogP contribution in [-0.4, -0.2) is 36.7 Å². The Balaban J connectivity index is 1.86. The van der Waals surface area contributed by atoms with Gasteiger partial charge in [-0.2, -0.15) is 0 Å². The average Bonchev–Trinajstić information content (AvgIpc) is 2.94. The van der Waals surface area contributed by atoms with Gasteiger partial charge in [0.1, 0.15) is 21.5 Å². The van der Waals surface area contributed by atoms with Gasteiger partial charge in [-0.3, -0.25) is 4.79 Å². The highest BCUT2D eigenvalue weighted by molar-refractivity contribution is 7.18. The zero-order valence-electron chi connectivity index (χ0n) is 15.3. The zero-order valence-corrected chi connectivity index (χ0v) is 16.1. The van der Waals surface area contributed by atoms with E-state index in [4.69, 9.17) is 10.7 Å². The number of rotatable bonds is 4. The van der Waals surface area contributed by atoms with Crippen molar-refractivity contribution in [1.82, 2.24) is 4.90 Å². The number of nitrogens with one attached hydrogen (secondary N) is 1. The summed E-state index contributed by atoms with van der Waals surface area (Å²) in [4.78, 5) is 19.9. The van der Waals surface area contributed by atoms with E-state index in [-0.39, 0.29) is 5.69 Å². The van der Waals surface area contributed by atoms with E-state index in [0.717, 1.165) is 54.3 Å². The number of hydrogen-bond acceptors (Lipinski definition) is 5. The first-order valence-corrected chi connectivity index (χ1v) is 9.63. The van der Waals surface area contributed by atoms with Gasteiger partial charge in [-0.05, 0) is 38.4 Å². The predicted molar refractivity (Wildman–Crippen MR) is 106 cm³/mol. The van der Waals surface area contributed by atoms with Crippen LogP contribution in [0.15, 0.2) is 23.2 Å². The summed E-state index contributed by atoms with van der Waals surface area (Å²) >= 11 is 1.21. The molecule has 0 unspecified atom stereocenters. The second-order valence-electron chi connectivity index (χ2n) is 6.54. The molecule has 0 aliphatic carbocycles. The van der Waals surface area contributed by atoms with Crippen molar-refractivity contribution in [2.45, 2.75) is 26.2 Å². The molecule has 1 aromatic heterocycles. The number of likely N-dealkylation sites (tertiary alicyclic amines) is 1. The maximum absolute atomic E-state index is 13.8. The molecule has 8 heteroatoms. The quantitative estimate of drug-likeness (QED) is 0.818. The summed E-state index contributed by atoms with van der Waals surface area (Å²) in [6.45, 7) is 3.87. The van der Waals surface area contributed by atoms with E-state index in [1.807, 2.05) is 6.92 Å². The van der Waals surface area contributed by atoms with Crippen LogP contribution < -0.4 is 11.1 Å². The SMILES string of the molecule is CCc1c(N=C2CCN(C)CC2)sc(C(=O)Nc2ccc(F)cc2F)c1N. The lowest BCUT2D eigenvalue weighted by Gasteiger charge is -2.22. The molecular weight excluding hydrogens is 370 g/mol. The van der Waals surface area contributed by atoms with E-state index in [9.17, 15) is 13.6 Å². The molecule has 1 fully saturated rings. The van der Waals surface area contributed by atoms with Gasteiger partial charge >= 0.3 is 0 Å². The molecular formula is C19H22F2N4OS. The molecule has 27 heavy (non-hydrogen) atoms. The molecule has 0 spiro atoms. The molecule has 0 radical (unpaired) electrons. The van der Waals surface area contributed by atoms with Crippen LogP contribution in [0.2, 0.25) is 0 Å². The average molecular weight is 392 g/mol. The summed E-state index contributed by atoms with van der Waals surface area (Å²) in [5.74, 6) is -2.06. The largest absolute Gasteiger partial charge is 0.397 e. The fraction of sp³-hybridized carbons (Fsp3) is 0.368. The number of benzene rings is 1. The van der Waals surface area contributed by atoms with Crippen molar-refractivity contribution in [2.24, 2.45) is 4.99 Å². The molecule has 5 nitrogen and oxygen atoms in total. The van der Waals surface area contributed by atoms with E-state index in [0.29, 0.717) is 17.0 Å². The van der Waals surface area contributed by atoms with Crippen molar-refractivity contribution in [2.75, 3.05) is 31.2 Å². The molecule has 1 aliphatic heterocycles. The van der Waals surface area contributed by atoms with Gasteiger partial charge in [-0.1, -0.05) is 6.92 Å². The van der Waals surface area contributed by atoms with Gasteiger partial charge in [-0.15, -0.1) is 11.3 Å². The second-order valence-corrected chi connectivity index (χ2v) is 7.54. The van der Waals surface area contributed by atoms with Gasteiger partial charge in [0.25, 0.3) is 5.91 Å². The Morgan fingerprint density at radius 1 is 1.33 bits per heavy atom. The minimum Gasteiger partial charge on any atom is -0.397 e. The van der Waals surface area contributed by atoms with E-state index >= 15 is 0 Å². The monoisotopic (exact) mass is 392 g/mol. The molecule has 0 bridgehead atoms. The number of amides is 1. The lowest BCUT2D eigenvalue weighted by Crippen LogP contribution is -2.30. The van der Waals surface area contributed by atoms with Crippen LogP contribution in [0.3, 0.4) is 0 Å². The van der Waals surface area contributed by atoms with Gasteiger partial charge in [0.15, 0.2) is 0 Å². The molecule has 1 aromatic carbocycles. The number of piperidine rings is 1. The lowest BCUT2D eigenvalue weighted by atomic mass is 10.1. The first-order chi connectivity index (χ1) is 12.9. The normalized spacial score (nSPS) is 15.0. The summed E-state index contributed by atoms with van der Waals surface area (Å²) in [5.41, 5.74) is 8.39. The second kappa shape index (κ2) is 8.14. The summed E-state index contributed by atoms with van der Waals surface area (Å²) in [5, 5.41) is 3.20. The predicted octanol–water partition coefficient (Wildman–Crippen LogP) is 4.22. The Hall–Kier alpha value is -2.32. The molecule has 144 valence electrons. The Bertz CT molecular complexity index is 884.